The number of aryl methyl sites for hydroxylation is 1. The van der Waals surface area contributed by atoms with Gasteiger partial charge in [-0.25, -0.2) is 0 Å². The van der Waals surface area contributed by atoms with Crippen LogP contribution in [0.5, 0.6) is 0 Å². The molecule has 1 amide bonds. The Morgan fingerprint density at radius 1 is 1.47 bits per heavy atom. The van der Waals surface area contributed by atoms with Crippen molar-refractivity contribution in [2.75, 3.05) is 5.32 Å². The lowest BCUT2D eigenvalue weighted by atomic mass is 10.2. The molecule has 0 fully saturated rings. The molecule has 0 atom stereocenters. The number of hydrogen-bond acceptors (Lipinski definition) is 2. The maximum Gasteiger partial charge on any atom is 0.248 e. The first-order chi connectivity index (χ1) is 9.06. The molecule has 3 nitrogen and oxygen atoms in total. The molecule has 19 heavy (non-hydrogen) atoms. The van der Waals surface area contributed by atoms with Crippen molar-refractivity contribution >= 4 is 45.2 Å². The molecule has 2 aromatic rings. The predicted octanol–water partition coefficient (Wildman–Crippen LogP) is 4.66. The molecule has 1 aromatic heterocycles. The van der Waals surface area contributed by atoms with E-state index in [1.54, 1.807) is 30.5 Å². The Kier molecular flexibility index (Phi) is 4.45. The van der Waals surface area contributed by atoms with E-state index >= 15 is 0 Å². The van der Waals surface area contributed by atoms with Crippen molar-refractivity contribution < 1.29 is 9.21 Å². The van der Waals surface area contributed by atoms with Crippen LogP contribution < -0.4 is 5.32 Å². The molecule has 0 aliphatic rings. The van der Waals surface area contributed by atoms with Gasteiger partial charge in [0.1, 0.15) is 5.76 Å². The van der Waals surface area contributed by atoms with Gasteiger partial charge in [-0.3, -0.25) is 4.79 Å². The fraction of sp³-hybridized carbons (Fsp3) is 0.0714. The Morgan fingerprint density at radius 3 is 2.95 bits per heavy atom. The van der Waals surface area contributed by atoms with Crippen molar-refractivity contribution in [2.24, 2.45) is 0 Å². The second kappa shape index (κ2) is 6.08. The highest BCUT2D eigenvalue weighted by Crippen LogP contribution is 2.29. The molecule has 1 aromatic carbocycles. The fourth-order valence-electron chi connectivity index (χ4n) is 1.46. The first kappa shape index (κ1) is 13.9. The minimum absolute atomic E-state index is 0.253. The van der Waals surface area contributed by atoms with Gasteiger partial charge in [-0.1, -0.05) is 11.6 Å². The molecule has 5 heteroatoms. The quantitative estimate of drug-likeness (QED) is 0.826. The van der Waals surface area contributed by atoms with E-state index < -0.39 is 0 Å². The van der Waals surface area contributed by atoms with Gasteiger partial charge in [-0.2, -0.15) is 0 Å². The van der Waals surface area contributed by atoms with Gasteiger partial charge in [-0.15, -0.1) is 0 Å². The van der Waals surface area contributed by atoms with E-state index in [4.69, 9.17) is 16.0 Å². The Balaban J connectivity index is 2.09. The molecule has 0 aliphatic heterocycles. The average Bonchev–Trinajstić information content (AvgIpc) is 2.86. The highest BCUT2D eigenvalue weighted by atomic mass is 79.9. The molecule has 0 saturated carbocycles. The van der Waals surface area contributed by atoms with E-state index in [-0.39, 0.29) is 5.91 Å². The summed E-state index contributed by atoms with van der Waals surface area (Å²) in [5, 5.41) is 3.35. The van der Waals surface area contributed by atoms with Crippen molar-refractivity contribution in [2.45, 2.75) is 6.92 Å². The predicted molar refractivity (Wildman–Crippen MR) is 80.3 cm³/mol. The summed E-state index contributed by atoms with van der Waals surface area (Å²) < 4.78 is 5.88. The van der Waals surface area contributed by atoms with Crippen molar-refractivity contribution in [1.82, 2.24) is 0 Å². The zero-order valence-corrected chi connectivity index (χ0v) is 12.5. The summed E-state index contributed by atoms with van der Waals surface area (Å²) >= 11 is 9.41. The highest BCUT2D eigenvalue weighted by molar-refractivity contribution is 9.10. The summed E-state index contributed by atoms with van der Waals surface area (Å²) in [6, 6.07) is 7.09. The van der Waals surface area contributed by atoms with Crippen LogP contribution in [0.25, 0.3) is 6.08 Å². The standard InChI is InChI=1S/C14H11BrClNO2/c1-9-7-11(15)13(8-12(9)16)17-14(18)5-4-10-3-2-6-19-10/h2-8H,1H3,(H,17,18)/b5-4+. The number of amides is 1. The zero-order chi connectivity index (χ0) is 13.8. The molecule has 0 spiro atoms. The van der Waals surface area contributed by atoms with Crippen molar-refractivity contribution in [3.8, 4) is 0 Å². The number of benzene rings is 1. The van der Waals surface area contributed by atoms with Crippen LogP contribution in [0, 0.1) is 6.92 Å². The van der Waals surface area contributed by atoms with Crippen LogP contribution in [-0.2, 0) is 4.79 Å². The van der Waals surface area contributed by atoms with Gasteiger partial charge in [0.25, 0.3) is 0 Å². The van der Waals surface area contributed by atoms with E-state index in [9.17, 15) is 4.79 Å². The van der Waals surface area contributed by atoms with Crippen LogP contribution in [0.4, 0.5) is 5.69 Å². The van der Waals surface area contributed by atoms with Crippen LogP contribution in [0.2, 0.25) is 5.02 Å². The summed E-state index contributed by atoms with van der Waals surface area (Å²) in [6.07, 6.45) is 4.55. The third-order valence-corrected chi connectivity index (χ3v) is 3.51. The number of furan rings is 1. The molecule has 0 unspecified atom stereocenters. The zero-order valence-electron chi connectivity index (χ0n) is 10.1. The van der Waals surface area contributed by atoms with Crippen molar-refractivity contribution in [1.29, 1.82) is 0 Å². The number of rotatable bonds is 3. The molecular weight excluding hydrogens is 330 g/mol. The van der Waals surface area contributed by atoms with E-state index in [1.165, 1.54) is 6.08 Å². The first-order valence-corrected chi connectivity index (χ1v) is 6.71. The maximum atomic E-state index is 11.8. The van der Waals surface area contributed by atoms with Crippen molar-refractivity contribution in [3.63, 3.8) is 0 Å². The third kappa shape index (κ3) is 3.72. The summed E-state index contributed by atoms with van der Waals surface area (Å²) in [7, 11) is 0. The van der Waals surface area contributed by atoms with Crippen molar-refractivity contribution in [3.05, 3.63) is 57.4 Å². The van der Waals surface area contributed by atoms with Gasteiger partial charge >= 0.3 is 0 Å². The van der Waals surface area contributed by atoms with Crippen LogP contribution in [0.1, 0.15) is 11.3 Å². The number of nitrogens with one attached hydrogen (secondary N) is 1. The number of carbonyl (C=O) groups excluding carboxylic acids is 1. The Bertz CT molecular complexity index is 621. The topological polar surface area (TPSA) is 42.2 Å². The van der Waals surface area contributed by atoms with E-state index in [1.807, 2.05) is 13.0 Å². The minimum atomic E-state index is -0.253. The summed E-state index contributed by atoms with van der Waals surface area (Å²) in [5.74, 6) is 0.369. The third-order valence-electron chi connectivity index (χ3n) is 2.45. The Labute approximate surface area is 124 Å². The molecule has 0 radical (unpaired) electrons. The lowest BCUT2D eigenvalue weighted by molar-refractivity contribution is -0.111. The lowest BCUT2D eigenvalue weighted by Gasteiger charge is -2.07. The SMILES string of the molecule is Cc1cc(Br)c(NC(=O)/C=C/c2ccco2)cc1Cl. The van der Waals surface area contributed by atoms with E-state index in [0.29, 0.717) is 16.5 Å². The molecule has 1 heterocycles. The number of halogens is 2. The number of hydrogen-bond donors (Lipinski definition) is 1. The van der Waals surface area contributed by atoms with Crippen LogP contribution >= 0.6 is 27.5 Å². The average molecular weight is 341 g/mol. The van der Waals surface area contributed by atoms with E-state index in [2.05, 4.69) is 21.2 Å². The van der Waals surface area contributed by atoms with Gasteiger partial charge in [0.2, 0.25) is 5.91 Å². The molecule has 98 valence electrons. The molecule has 0 bridgehead atoms. The van der Waals surface area contributed by atoms with Crippen LogP contribution in [0.15, 0.2) is 45.5 Å². The molecule has 0 aliphatic carbocycles. The van der Waals surface area contributed by atoms with Gasteiger partial charge in [0.05, 0.1) is 12.0 Å². The minimum Gasteiger partial charge on any atom is -0.465 e. The second-order valence-corrected chi connectivity index (χ2v) is 5.18. The van der Waals surface area contributed by atoms with Crippen LogP contribution in [-0.4, -0.2) is 5.91 Å². The number of carbonyl (C=O) groups is 1. The Morgan fingerprint density at radius 2 is 2.26 bits per heavy atom. The smallest absolute Gasteiger partial charge is 0.248 e. The summed E-state index contributed by atoms with van der Waals surface area (Å²) in [6.45, 7) is 1.90. The summed E-state index contributed by atoms with van der Waals surface area (Å²) in [5.41, 5.74) is 1.57. The fourth-order valence-corrected chi connectivity index (χ4v) is 2.18. The summed E-state index contributed by atoms with van der Waals surface area (Å²) in [4.78, 5) is 11.8. The monoisotopic (exact) mass is 339 g/mol. The van der Waals surface area contributed by atoms with E-state index in [0.717, 1.165) is 10.0 Å². The van der Waals surface area contributed by atoms with Gasteiger partial charge in [0.15, 0.2) is 0 Å². The van der Waals surface area contributed by atoms with Gasteiger partial charge < -0.3 is 9.73 Å². The highest BCUT2D eigenvalue weighted by Gasteiger charge is 2.06. The maximum absolute atomic E-state index is 11.8. The largest absolute Gasteiger partial charge is 0.465 e. The molecule has 2 rings (SSSR count). The first-order valence-electron chi connectivity index (χ1n) is 5.54. The Hall–Kier alpha value is -1.52. The molecular formula is C14H11BrClNO2. The van der Waals surface area contributed by atoms with Gasteiger partial charge in [-0.05, 0) is 58.8 Å². The molecule has 1 N–H and O–H groups in total. The second-order valence-electron chi connectivity index (χ2n) is 3.92. The lowest BCUT2D eigenvalue weighted by Crippen LogP contribution is -2.08. The number of anilines is 1. The van der Waals surface area contributed by atoms with Crippen LogP contribution in [0.3, 0.4) is 0 Å². The molecule has 0 saturated heterocycles. The van der Waals surface area contributed by atoms with Gasteiger partial charge in [0, 0.05) is 15.6 Å². The normalized spacial score (nSPS) is 10.9.